The van der Waals surface area contributed by atoms with Gasteiger partial charge in [-0.2, -0.15) is 0 Å². The molecular formula is C24H27N3O4S. The van der Waals surface area contributed by atoms with Crippen LogP contribution < -0.4 is 19.7 Å². The summed E-state index contributed by atoms with van der Waals surface area (Å²) in [5.74, 6) is 0.398. The minimum atomic E-state index is -3.76. The number of benzene rings is 3. The van der Waals surface area contributed by atoms with Gasteiger partial charge in [-0.3, -0.25) is 9.52 Å². The lowest BCUT2D eigenvalue weighted by molar-refractivity contribution is 0.0953. The van der Waals surface area contributed by atoms with Gasteiger partial charge in [-0.25, -0.2) is 8.42 Å². The first-order chi connectivity index (χ1) is 15.4. The monoisotopic (exact) mass is 453 g/mol. The molecule has 0 spiro atoms. The van der Waals surface area contributed by atoms with E-state index in [2.05, 4.69) is 14.9 Å². The van der Waals surface area contributed by atoms with Crippen LogP contribution in [-0.2, 0) is 10.0 Å². The Labute approximate surface area is 189 Å². The largest absolute Gasteiger partial charge is 0.497 e. The van der Waals surface area contributed by atoms with Crippen LogP contribution in [0, 0.1) is 0 Å². The molecule has 0 aromatic heterocycles. The summed E-state index contributed by atoms with van der Waals surface area (Å²) < 4.78 is 32.7. The molecule has 0 aliphatic carbocycles. The van der Waals surface area contributed by atoms with Gasteiger partial charge in [0.25, 0.3) is 15.9 Å². The summed E-state index contributed by atoms with van der Waals surface area (Å²) in [4.78, 5) is 14.6. The number of nitrogens with one attached hydrogen (secondary N) is 2. The summed E-state index contributed by atoms with van der Waals surface area (Å²) in [7, 11) is -0.208. The summed E-state index contributed by atoms with van der Waals surface area (Å²) in [6, 6.07) is 22.5. The van der Waals surface area contributed by atoms with Crippen molar-refractivity contribution in [3.63, 3.8) is 0 Å². The van der Waals surface area contributed by atoms with Crippen LogP contribution in [0.5, 0.6) is 5.75 Å². The van der Waals surface area contributed by atoms with Gasteiger partial charge in [-0.1, -0.05) is 18.2 Å². The number of hydrogen-bond donors (Lipinski definition) is 2. The van der Waals surface area contributed by atoms with Gasteiger partial charge in [-0.05, 0) is 67.1 Å². The second kappa shape index (κ2) is 10.7. The number of nitrogens with zero attached hydrogens (tertiary/aromatic N) is 1. The molecule has 0 saturated heterocycles. The molecule has 3 aromatic carbocycles. The average molecular weight is 454 g/mol. The van der Waals surface area contributed by atoms with Gasteiger partial charge < -0.3 is 15.0 Å². The average Bonchev–Trinajstić information content (AvgIpc) is 2.82. The number of amides is 1. The van der Waals surface area contributed by atoms with E-state index < -0.39 is 10.0 Å². The zero-order chi connectivity index (χ0) is 23.0. The van der Waals surface area contributed by atoms with Crippen molar-refractivity contribution in [3.8, 4) is 5.75 Å². The number of carbonyl (C=O) groups is 1. The van der Waals surface area contributed by atoms with Crippen molar-refractivity contribution in [3.05, 3.63) is 84.4 Å². The number of ether oxygens (including phenoxy) is 1. The molecule has 3 rings (SSSR count). The van der Waals surface area contributed by atoms with E-state index in [1.807, 2.05) is 37.4 Å². The zero-order valence-corrected chi connectivity index (χ0v) is 18.9. The highest BCUT2D eigenvalue weighted by atomic mass is 32.2. The summed E-state index contributed by atoms with van der Waals surface area (Å²) >= 11 is 0. The Bertz CT molecular complexity index is 1120. The molecule has 0 aliphatic heterocycles. The van der Waals surface area contributed by atoms with Crippen LogP contribution in [0.3, 0.4) is 0 Å². The Morgan fingerprint density at radius 2 is 1.59 bits per heavy atom. The highest BCUT2D eigenvalue weighted by Crippen LogP contribution is 2.19. The molecule has 0 heterocycles. The van der Waals surface area contributed by atoms with Gasteiger partial charge in [0, 0.05) is 37.1 Å². The molecule has 0 bridgehead atoms. The lowest BCUT2D eigenvalue weighted by Crippen LogP contribution is -2.28. The Hall–Kier alpha value is -3.52. The molecule has 3 aromatic rings. The van der Waals surface area contributed by atoms with E-state index in [1.54, 1.807) is 31.4 Å². The minimum absolute atomic E-state index is 0.0781. The summed E-state index contributed by atoms with van der Waals surface area (Å²) in [6.07, 6.45) is 0.787. The van der Waals surface area contributed by atoms with Gasteiger partial charge >= 0.3 is 0 Å². The van der Waals surface area contributed by atoms with E-state index >= 15 is 0 Å². The van der Waals surface area contributed by atoms with E-state index in [9.17, 15) is 13.2 Å². The van der Waals surface area contributed by atoms with Crippen molar-refractivity contribution in [1.29, 1.82) is 0 Å². The molecule has 32 heavy (non-hydrogen) atoms. The number of sulfonamides is 1. The molecule has 8 heteroatoms. The second-order valence-corrected chi connectivity index (χ2v) is 8.91. The van der Waals surface area contributed by atoms with Gasteiger partial charge in [0.1, 0.15) is 5.75 Å². The van der Waals surface area contributed by atoms with Crippen LogP contribution in [0.2, 0.25) is 0 Å². The normalized spacial score (nSPS) is 10.9. The smallest absolute Gasteiger partial charge is 0.261 e. The topological polar surface area (TPSA) is 87.7 Å². The molecular weight excluding hydrogens is 426 g/mol. The highest BCUT2D eigenvalue weighted by molar-refractivity contribution is 7.92. The number of methoxy groups -OCH3 is 1. The maximum absolute atomic E-state index is 12.6. The van der Waals surface area contributed by atoms with Crippen molar-refractivity contribution in [2.24, 2.45) is 0 Å². The molecule has 0 saturated carbocycles. The number of anilines is 2. The van der Waals surface area contributed by atoms with Gasteiger partial charge in [0.2, 0.25) is 0 Å². The second-order valence-electron chi connectivity index (χ2n) is 7.22. The van der Waals surface area contributed by atoms with E-state index in [-0.39, 0.29) is 10.8 Å². The fourth-order valence-corrected chi connectivity index (χ4v) is 4.15. The maximum atomic E-state index is 12.6. The van der Waals surface area contributed by atoms with Crippen molar-refractivity contribution in [2.45, 2.75) is 11.3 Å². The first-order valence-corrected chi connectivity index (χ1v) is 11.7. The Kier molecular flexibility index (Phi) is 7.72. The molecule has 0 unspecified atom stereocenters. The van der Waals surface area contributed by atoms with E-state index in [0.717, 1.165) is 18.7 Å². The molecule has 7 nitrogen and oxygen atoms in total. The number of carbonyl (C=O) groups excluding carboxylic acids is 1. The van der Waals surface area contributed by atoms with Crippen LogP contribution in [0.25, 0.3) is 0 Å². The molecule has 0 fully saturated rings. The van der Waals surface area contributed by atoms with Crippen molar-refractivity contribution >= 4 is 27.3 Å². The molecule has 0 radical (unpaired) electrons. The molecule has 0 aliphatic rings. The zero-order valence-electron chi connectivity index (χ0n) is 18.1. The third-order valence-corrected chi connectivity index (χ3v) is 6.32. The fraction of sp³-hybridized carbons (Fsp3) is 0.208. The Morgan fingerprint density at radius 3 is 2.22 bits per heavy atom. The van der Waals surface area contributed by atoms with Crippen LogP contribution in [0.4, 0.5) is 11.4 Å². The van der Waals surface area contributed by atoms with E-state index in [0.29, 0.717) is 23.5 Å². The molecule has 2 N–H and O–H groups in total. The van der Waals surface area contributed by atoms with Crippen LogP contribution in [0.15, 0.2) is 83.8 Å². The molecule has 0 atom stereocenters. The van der Waals surface area contributed by atoms with E-state index in [4.69, 9.17) is 4.74 Å². The lowest BCUT2D eigenvalue weighted by atomic mass is 10.2. The molecule has 168 valence electrons. The summed E-state index contributed by atoms with van der Waals surface area (Å²) in [6.45, 7) is 1.33. The predicted octanol–water partition coefficient (Wildman–Crippen LogP) is 3.75. The first-order valence-electron chi connectivity index (χ1n) is 10.2. The lowest BCUT2D eigenvalue weighted by Gasteiger charge is -2.19. The molecule has 1 amide bonds. The van der Waals surface area contributed by atoms with Crippen LogP contribution >= 0.6 is 0 Å². The number of rotatable bonds is 10. The third kappa shape index (κ3) is 6.24. The third-order valence-electron chi connectivity index (χ3n) is 4.92. The quantitative estimate of drug-likeness (QED) is 0.457. The van der Waals surface area contributed by atoms with Gasteiger partial charge in [0.15, 0.2) is 0 Å². The number of hydrogen-bond acceptors (Lipinski definition) is 5. The standard InChI is InChI=1S/C24H27N3O4S/c1-27(21-7-4-3-5-8-21)18-6-17-25-24(28)19-9-15-23(16-10-19)32(29,30)26-20-11-13-22(31-2)14-12-20/h3-5,7-16,26H,6,17-18H2,1-2H3,(H,25,28). The highest BCUT2D eigenvalue weighted by Gasteiger charge is 2.15. The van der Waals surface area contributed by atoms with Gasteiger partial charge in [-0.15, -0.1) is 0 Å². The summed E-state index contributed by atoms with van der Waals surface area (Å²) in [5, 5.41) is 2.87. The maximum Gasteiger partial charge on any atom is 0.261 e. The van der Waals surface area contributed by atoms with Crippen LogP contribution in [0.1, 0.15) is 16.8 Å². The van der Waals surface area contributed by atoms with Crippen molar-refractivity contribution < 1.29 is 17.9 Å². The Balaban J connectivity index is 1.51. The van der Waals surface area contributed by atoms with Crippen molar-refractivity contribution in [1.82, 2.24) is 5.32 Å². The Morgan fingerprint density at radius 1 is 0.938 bits per heavy atom. The predicted molar refractivity (Wildman–Crippen MR) is 127 cm³/mol. The first kappa shape index (κ1) is 23.1. The summed E-state index contributed by atoms with van der Waals surface area (Å²) in [5.41, 5.74) is 1.96. The van der Waals surface area contributed by atoms with E-state index in [1.165, 1.54) is 24.3 Å². The van der Waals surface area contributed by atoms with Crippen molar-refractivity contribution in [2.75, 3.05) is 36.9 Å². The number of para-hydroxylation sites is 1. The fourth-order valence-electron chi connectivity index (χ4n) is 3.09. The van der Waals surface area contributed by atoms with Crippen LogP contribution in [-0.4, -0.2) is 41.6 Å². The van der Waals surface area contributed by atoms with Gasteiger partial charge in [0.05, 0.1) is 12.0 Å². The minimum Gasteiger partial charge on any atom is -0.497 e. The SMILES string of the molecule is COc1ccc(NS(=O)(=O)c2ccc(C(=O)NCCCN(C)c3ccccc3)cc2)cc1.